The number of benzene rings is 1. The Labute approximate surface area is 168 Å². The van der Waals surface area contributed by atoms with E-state index in [1.807, 2.05) is 18.2 Å². The monoisotopic (exact) mass is 410 g/mol. The van der Waals surface area contributed by atoms with Crippen LogP contribution >= 0.6 is 24.2 Å². The van der Waals surface area contributed by atoms with E-state index in [4.69, 9.17) is 10.3 Å². The van der Waals surface area contributed by atoms with Gasteiger partial charge in [0.05, 0.1) is 17.5 Å². The molecular formula is C18H23ClN4O3S. The number of amides is 2. The third-order valence-corrected chi connectivity index (χ3v) is 5.11. The summed E-state index contributed by atoms with van der Waals surface area (Å²) in [6, 6.07) is 7.50. The van der Waals surface area contributed by atoms with E-state index in [2.05, 4.69) is 15.8 Å². The first-order valence-electron chi connectivity index (χ1n) is 8.50. The average Bonchev–Trinajstić information content (AvgIpc) is 2.99. The van der Waals surface area contributed by atoms with Crippen LogP contribution in [0.1, 0.15) is 35.8 Å². The van der Waals surface area contributed by atoms with Gasteiger partial charge in [-0.2, -0.15) is 0 Å². The lowest BCUT2D eigenvalue weighted by Crippen LogP contribution is -2.32. The molecule has 1 unspecified atom stereocenters. The zero-order chi connectivity index (χ0) is 18.5. The Hall–Kier alpha value is -2.19. The number of fused-ring (bicyclic) bond motifs is 1. The van der Waals surface area contributed by atoms with E-state index in [1.54, 1.807) is 13.0 Å². The standard InChI is InChI=1S/C18H22N4O3S.ClH/c1-11-7-16(22-25-11)21-18(24)10-26-9-17(23)20-15-4-2-3-12-8-13(19)5-6-14(12)15;/h5-8,15H,2-4,9-10,19H2,1H3,(H,20,23)(H,21,22,24);1H. The van der Waals surface area contributed by atoms with Crippen molar-refractivity contribution in [2.75, 3.05) is 22.6 Å². The third-order valence-electron chi connectivity index (χ3n) is 4.18. The number of nitrogen functional groups attached to an aromatic ring is 1. The number of nitrogens with two attached hydrogens (primary N) is 1. The van der Waals surface area contributed by atoms with Crippen molar-refractivity contribution >= 4 is 47.5 Å². The highest BCUT2D eigenvalue weighted by Gasteiger charge is 2.22. The number of nitrogens with zero attached hydrogens (tertiary/aromatic N) is 1. The molecule has 0 radical (unpaired) electrons. The van der Waals surface area contributed by atoms with E-state index in [1.165, 1.54) is 17.3 Å². The van der Waals surface area contributed by atoms with Crippen molar-refractivity contribution in [1.82, 2.24) is 10.5 Å². The maximum atomic E-state index is 12.2. The quantitative estimate of drug-likeness (QED) is 0.631. The molecule has 7 nitrogen and oxygen atoms in total. The molecule has 1 aromatic carbocycles. The summed E-state index contributed by atoms with van der Waals surface area (Å²) >= 11 is 1.27. The Morgan fingerprint density at radius 1 is 1.30 bits per heavy atom. The fourth-order valence-electron chi connectivity index (χ4n) is 3.06. The number of thioether (sulfide) groups is 1. The number of carbonyl (C=O) groups is 2. The Morgan fingerprint density at radius 2 is 2.07 bits per heavy atom. The molecule has 9 heteroatoms. The number of hydrogen-bond acceptors (Lipinski definition) is 6. The van der Waals surface area contributed by atoms with Gasteiger partial charge in [0, 0.05) is 11.8 Å². The van der Waals surface area contributed by atoms with Crippen LogP contribution in [-0.4, -0.2) is 28.5 Å². The number of hydrogen-bond donors (Lipinski definition) is 3. The molecular weight excluding hydrogens is 388 g/mol. The largest absolute Gasteiger partial charge is 0.399 e. The van der Waals surface area contributed by atoms with Crippen LogP contribution in [0.3, 0.4) is 0 Å². The van der Waals surface area contributed by atoms with Crippen LogP contribution in [0.5, 0.6) is 0 Å². The van der Waals surface area contributed by atoms with Gasteiger partial charge in [-0.3, -0.25) is 9.59 Å². The second-order valence-electron chi connectivity index (χ2n) is 6.33. The Balaban J connectivity index is 0.00000261. The van der Waals surface area contributed by atoms with E-state index in [0.717, 1.165) is 30.5 Å². The first kappa shape index (κ1) is 21.1. The summed E-state index contributed by atoms with van der Waals surface area (Å²) in [5.41, 5.74) is 8.94. The second-order valence-corrected chi connectivity index (χ2v) is 7.32. The fourth-order valence-corrected chi connectivity index (χ4v) is 3.69. The lowest BCUT2D eigenvalue weighted by atomic mass is 9.87. The minimum absolute atomic E-state index is 0. The molecule has 1 aromatic heterocycles. The van der Waals surface area contributed by atoms with Crippen LogP contribution in [-0.2, 0) is 16.0 Å². The minimum atomic E-state index is -0.213. The van der Waals surface area contributed by atoms with Gasteiger partial charge in [0.15, 0.2) is 5.82 Å². The number of anilines is 2. The van der Waals surface area contributed by atoms with E-state index in [9.17, 15) is 9.59 Å². The molecule has 0 aliphatic heterocycles. The Morgan fingerprint density at radius 3 is 2.81 bits per heavy atom. The molecule has 0 saturated heterocycles. The summed E-state index contributed by atoms with van der Waals surface area (Å²) in [7, 11) is 0. The van der Waals surface area contributed by atoms with Crippen LogP contribution in [0.15, 0.2) is 28.8 Å². The van der Waals surface area contributed by atoms with Gasteiger partial charge in [0.2, 0.25) is 11.8 Å². The van der Waals surface area contributed by atoms with Gasteiger partial charge < -0.3 is 20.9 Å². The van der Waals surface area contributed by atoms with Crippen LogP contribution in [0.4, 0.5) is 11.5 Å². The molecule has 146 valence electrons. The topological polar surface area (TPSA) is 110 Å². The maximum Gasteiger partial charge on any atom is 0.235 e. The lowest BCUT2D eigenvalue weighted by molar-refractivity contribution is -0.119. The van der Waals surface area contributed by atoms with E-state index < -0.39 is 0 Å². The molecule has 1 aliphatic rings. The van der Waals surface area contributed by atoms with Gasteiger partial charge in [0.25, 0.3) is 0 Å². The summed E-state index contributed by atoms with van der Waals surface area (Å²) in [4.78, 5) is 24.0. The van der Waals surface area contributed by atoms with Gasteiger partial charge in [-0.05, 0) is 49.4 Å². The zero-order valence-corrected chi connectivity index (χ0v) is 16.6. The summed E-state index contributed by atoms with van der Waals surface area (Å²) in [5.74, 6) is 1.13. The number of rotatable bonds is 6. The normalized spacial score (nSPS) is 15.4. The number of aromatic nitrogens is 1. The predicted octanol–water partition coefficient (Wildman–Crippen LogP) is 2.85. The van der Waals surface area contributed by atoms with Crippen molar-refractivity contribution in [1.29, 1.82) is 0 Å². The molecule has 2 aromatic rings. The molecule has 1 aliphatic carbocycles. The highest BCUT2D eigenvalue weighted by atomic mass is 35.5. The third kappa shape index (κ3) is 5.90. The number of nitrogens with one attached hydrogen (secondary N) is 2. The van der Waals surface area contributed by atoms with Crippen molar-refractivity contribution < 1.29 is 14.1 Å². The molecule has 0 saturated carbocycles. The predicted molar refractivity (Wildman–Crippen MR) is 109 cm³/mol. The van der Waals surface area contributed by atoms with Crippen LogP contribution in [0.25, 0.3) is 0 Å². The zero-order valence-electron chi connectivity index (χ0n) is 15.0. The van der Waals surface area contributed by atoms with Gasteiger partial charge in [-0.25, -0.2) is 0 Å². The Bertz CT molecular complexity index is 812. The second kappa shape index (κ2) is 9.66. The van der Waals surface area contributed by atoms with Crippen molar-refractivity contribution in [2.24, 2.45) is 0 Å². The van der Waals surface area contributed by atoms with Crippen LogP contribution < -0.4 is 16.4 Å². The summed E-state index contributed by atoms with van der Waals surface area (Å²) in [6.07, 6.45) is 2.93. The molecule has 4 N–H and O–H groups in total. The van der Waals surface area contributed by atoms with E-state index in [-0.39, 0.29) is 41.8 Å². The first-order valence-corrected chi connectivity index (χ1v) is 9.65. The van der Waals surface area contributed by atoms with Crippen molar-refractivity contribution in [3.8, 4) is 0 Å². The molecule has 3 rings (SSSR count). The number of halogens is 1. The van der Waals surface area contributed by atoms with E-state index >= 15 is 0 Å². The van der Waals surface area contributed by atoms with Crippen LogP contribution in [0, 0.1) is 6.92 Å². The van der Waals surface area contributed by atoms with Crippen molar-refractivity contribution in [2.45, 2.75) is 32.2 Å². The van der Waals surface area contributed by atoms with Gasteiger partial charge in [-0.15, -0.1) is 24.2 Å². The summed E-state index contributed by atoms with van der Waals surface area (Å²) in [6.45, 7) is 1.75. The average molecular weight is 411 g/mol. The number of carbonyl (C=O) groups excluding carboxylic acids is 2. The fraction of sp³-hybridized carbons (Fsp3) is 0.389. The van der Waals surface area contributed by atoms with Gasteiger partial charge in [0.1, 0.15) is 5.76 Å². The van der Waals surface area contributed by atoms with Crippen molar-refractivity contribution in [3.63, 3.8) is 0 Å². The minimum Gasteiger partial charge on any atom is -0.399 e. The SMILES string of the molecule is Cc1cc(NC(=O)CSCC(=O)NC2CCCc3cc(N)ccc32)no1.Cl. The van der Waals surface area contributed by atoms with Crippen molar-refractivity contribution in [3.05, 3.63) is 41.2 Å². The molecule has 0 bridgehead atoms. The summed E-state index contributed by atoms with van der Waals surface area (Å²) < 4.78 is 4.89. The number of aryl methyl sites for hydroxylation is 2. The Kier molecular flexibility index (Phi) is 7.55. The molecule has 0 fully saturated rings. The molecule has 27 heavy (non-hydrogen) atoms. The molecule has 2 amide bonds. The highest BCUT2D eigenvalue weighted by molar-refractivity contribution is 8.00. The smallest absolute Gasteiger partial charge is 0.235 e. The molecule has 0 spiro atoms. The van der Waals surface area contributed by atoms with Gasteiger partial charge >= 0.3 is 0 Å². The summed E-state index contributed by atoms with van der Waals surface area (Å²) in [5, 5.41) is 9.39. The van der Waals surface area contributed by atoms with Gasteiger partial charge in [-0.1, -0.05) is 11.2 Å². The first-order chi connectivity index (χ1) is 12.5. The highest BCUT2D eigenvalue weighted by Crippen LogP contribution is 2.31. The van der Waals surface area contributed by atoms with E-state index in [0.29, 0.717) is 11.6 Å². The molecule has 1 heterocycles. The van der Waals surface area contributed by atoms with Crippen LogP contribution in [0.2, 0.25) is 0 Å². The lowest BCUT2D eigenvalue weighted by Gasteiger charge is -2.26. The molecule has 1 atom stereocenters. The maximum absolute atomic E-state index is 12.2.